The van der Waals surface area contributed by atoms with Crippen LogP contribution >= 0.6 is 22.7 Å². The maximum absolute atomic E-state index is 6.94. The maximum atomic E-state index is 6.94. The molecule has 2 unspecified atom stereocenters. The molecule has 0 aliphatic carbocycles. The van der Waals surface area contributed by atoms with E-state index in [1.54, 1.807) is 0 Å². The molecule has 252 valence electrons. The smallest absolute Gasteiger partial charge is 0.180 e. The molecule has 2 aromatic heterocycles. The van der Waals surface area contributed by atoms with Gasteiger partial charge in [0.1, 0.15) is 13.2 Å². The van der Waals surface area contributed by atoms with Crippen LogP contribution in [0.3, 0.4) is 0 Å². The zero-order valence-electron chi connectivity index (χ0n) is 29.9. The molecule has 2 atom stereocenters. The number of rotatable bonds is 15. The first-order valence-corrected chi connectivity index (χ1v) is 19.2. The molecular formula is C39H60O4S2. The quantitative estimate of drug-likeness (QED) is 0.163. The van der Waals surface area contributed by atoms with Crippen molar-refractivity contribution in [3.63, 3.8) is 0 Å². The molecule has 0 spiro atoms. The summed E-state index contributed by atoms with van der Waals surface area (Å²) in [5, 5.41) is 3.66. The van der Waals surface area contributed by atoms with E-state index in [4.69, 9.17) is 18.9 Å². The highest BCUT2D eigenvalue weighted by Crippen LogP contribution is 2.54. The molecule has 0 N–H and O–H groups in total. The Labute approximate surface area is 282 Å². The van der Waals surface area contributed by atoms with E-state index in [2.05, 4.69) is 92.8 Å². The van der Waals surface area contributed by atoms with Crippen LogP contribution in [0.1, 0.15) is 131 Å². The standard InChI is InChI=1S/C39H60O4S2/c1-11-15-17-28(13-3)40-23-39(24-41-29(14-4)18-16-12-2)25-42-33-34(43-26-39)36(38(8,9)10)45-35(33)27-19-20-32-30(21-27)31(22-44-32)37(5,6)7/h19-22,28-29H,11-18,23-26H2,1-10H3. The van der Waals surface area contributed by atoms with Gasteiger partial charge >= 0.3 is 0 Å². The van der Waals surface area contributed by atoms with Crippen LogP contribution in [0.2, 0.25) is 0 Å². The minimum atomic E-state index is -0.390. The molecule has 1 aliphatic heterocycles. The summed E-state index contributed by atoms with van der Waals surface area (Å²) in [7, 11) is 0. The van der Waals surface area contributed by atoms with Crippen molar-refractivity contribution in [2.24, 2.45) is 5.41 Å². The van der Waals surface area contributed by atoms with Gasteiger partial charge in [-0.2, -0.15) is 0 Å². The van der Waals surface area contributed by atoms with E-state index in [-0.39, 0.29) is 28.5 Å². The zero-order chi connectivity index (χ0) is 32.8. The molecule has 0 saturated carbocycles. The van der Waals surface area contributed by atoms with Gasteiger partial charge in [0.2, 0.25) is 0 Å². The van der Waals surface area contributed by atoms with Crippen molar-refractivity contribution in [3.05, 3.63) is 34.0 Å². The summed E-state index contributed by atoms with van der Waals surface area (Å²) in [6, 6.07) is 6.91. The van der Waals surface area contributed by atoms with Crippen LogP contribution in [-0.4, -0.2) is 38.6 Å². The lowest BCUT2D eigenvalue weighted by molar-refractivity contribution is -0.0992. The van der Waals surface area contributed by atoms with E-state index in [0.29, 0.717) is 26.4 Å². The molecule has 4 rings (SSSR count). The Balaban J connectivity index is 1.71. The fourth-order valence-electron chi connectivity index (χ4n) is 6.06. The Morgan fingerprint density at radius 2 is 1.38 bits per heavy atom. The van der Waals surface area contributed by atoms with Crippen molar-refractivity contribution in [3.8, 4) is 21.9 Å². The lowest BCUT2D eigenvalue weighted by atomic mass is 9.86. The lowest BCUT2D eigenvalue weighted by Crippen LogP contribution is -2.44. The molecule has 1 aliphatic rings. The largest absolute Gasteiger partial charge is 0.488 e. The molecule has 0 saturated heterocycles. The van der Waals surface area contributed by atoms with Crippen LogP contribution in [0.15, 0.2) is 23.6 Å². The SMILES string of the molecule is CCCCC(CC)OCC1(COC(CC)CCCC)COc2c(-c3ccc4scc(C(C)(C)C)c4c3)sc(C(C)(C)C)c2OC1. The monoisotopic (exact) mass is 656 g/mol. The number of fused-ring (bicyclic) bond motifs is 2. The molecule has 3 heterocycles. The van der Waals surface area contributed by atoms with Crippen LogP contribution in [0.5, 0.6) is 11.5 Å². The third-order valence-electron chi connectivity index (χ3n) is 9.11. The van der Waals surface area contributed by atoms with Crippen LogP contribution in [-0.2, 0) is 20.3 Å². The Morgan fingerprint density at radius 3 is 1.89 bits per heavy atom. The summed E-state index contributed by atoms with van der Waals surface area (Å²) < 4.78 is 28.5. The van der Waals surface area contributed by atoms with Crippen molar-refractivity contribution in [2.75, 3.05) is 26.4 Å². The van der Waals surface area contributed by atoms with Crippen molar-refractivity contribution in [1.29, 1.82) is 0 Å². The second-order valence-corrected chi connectivity index (χ2v) is 17.3. The fourth-order valence-corrected chi connectivity index (χ4v) is 8.47. The van der Waals surface area contributed by atoms with Gasteiger partial charge in [-0.3, -0.25) is 0 Å². The van der Waals surface area contributed by atoms with E-state index in [9.17, 15) is 0 Å². The Hall–Kier alpha value is -1.60. The summed E-state index contributed by atoms with van der Waals surface area (Å²) >= 11 is 3.66. The number of hydrogen-bond acceptors (Lipinski definition) is 6. The van der Waals surface area contributed by atoms with Crippen molar-refractivity contribution >= 4 is 32.8 Å². The molecule has 0 radical (unpaired) electrons. The molecule has 3 aromatic rings. The first-order valence-electron chi connectivity index (χ1n) is 17.5. The predicted octanol–water partition coefficient (Wildman–Crippen LogP) is 12.0. The molecule has 4 nitrogen and oxygen atoms in total. The van der Waals surface area contributed by atoms with Crippen molar-refractivity contribution < 1.29 is 18.9 Å². The molecule has 6 heteroatoms. The highest BCUT2D eigenvalue weighted by Gasteiger charge is 2.41. The van der Waals surface area contributed by atoms with Crippen LogP contribution in [0, 0.1) is 5.41 Å². The highest BCUT2D eigenvalue weighted by molar-refractivity contribution is 7.17. The summed E-state index contributed by atoms with van der Waals surface area (Å²) in [6.07, 6.45) is 9.44. The maximum Gasteiger partial charge on any atom is 0.180 e. The third-order valence-corrected chi connectivity index (χ3v) is 11.7. The summed E-state index contributed by atoms with van der Waals surface area (Å²) in [4.78, 5) is 2.39. The number of thiophene rings is 2. The molecule has 1 aromatic carbocycles. The second kappa shape index (κ2) is 15.5. The number of benzene rings is 1. The number of unbranched alkanes of at least 4 members (excludes halogenated alkanes) is 2. The minimum absolute atomic E-state index is 0.0830. The van der Waals surface area contributed by atoms with Gasteiger partial charge in [0.25, 0.3) is 0 Å². The Kier molecular flexibility index (Phi) is 12.5. The fraction of sp³-hybridized carbons (Fsp3) is 0.692. The topological polar surface area (TPSA) is 36.9 Å². The number of ether oxygens (including phenoxy) is 4. The molecule has 0 bridgehead atoms. The average molecular weight is 657 g/mol. The Bertz CT molecular complexity index is 1340. The molecule has 0 amide bonds. The van der Waals surface area contributed by atoms with Gasteiger partial charge in [-0.15, -0.1) is 22.7 Å². The van der Waals surface area contributed by atoms with Gasteiger partial charge in [-0.1, -0.05) is 101 Å². The van der Waals surface area contributed by atoms with E-state index >= 15 is 0 Å². The van der Waals surface area contributed by atoms with Crippen LogP contribution < -0.4 is 9.47 Å². The molecule has 0 fully saturated rings. The number of hydrogen-bond donors (Lipinski definition) is 0. The molecule has 45 heavy (non-hydrogen) atoms. The Morgan fingerprint density at radius 1 is 0.800 bits per heavy atom. The van der Waals surface area contributed by atoms with Gasteiger partial charge in [0.05, 0.1) is 40.6 Å². The van der Waals surface area contributed by atoms with Gasteiger partial charge in [0.15, 0.2) is 11.5 Å². The van der Waals surface area contributed by atoms with Gasteiger partial charge in [0, 0.05) is 10.1 Å². The summed E-state index contributed by atoms with van der Waals surface area (Å²) in [5.74, 6) is 1.79. The van der Waals surface area contributed by atoms with Gasteiger partial charge < -0.3 is 18.9 Å². The van der Waals surface area contributed by atoms with Gasteiger partial charge in [-0.25, -0.2) is 0 Å². The van der Waals surface area contributed by atoms with E-state index in [1.807, 2.05) is 22.7 Å². The van der Waals surface area contributed by atoms with Crippen LogP contribution in [0.25, 0.3) is 20.5 Å². The third kappa shape index (κ3) is 8.86. The average Bonchev–Trinajstić information content (AvgIpc) is 3.55. The first kappa shape index (κ1) is 36.2. The van der Waals surface area contributed by atoms with E-state index < -0.39 is 0 Å². The predicted molar refractivity (Wildman–Crippen MR) is 195 cm³/mol. The summed E-state index contributed by atoms with van der Waals surface area (Å²) in [5.41, 5.74) is 2.21. The van der Waals surface area contributed by atoms with E-state index in [0.717, 1.165) is 42.1 Å². The first-order chi connectivity index (χ1) is 21.4. The molecular weight excluding hydrogens is 597 g/mol. The normalized spacial score (nSPS) is 18.7. The second-order valence-electron chi connectivity index (χ2n) is 15.3. The lowest BCUT2D eigenvalue weighted by Gasteiger charge is -2.34. The summed E-state index contributed by atoms with van der Waals surface area (Å²) in [6.45, 7) is 24.9. The van der Waals surface area contributed by atoms with Gasteiger partial charge in [-0.05, 0) is 65.1 Å². The zero-order valence-corrected chi connectivity index (χ0v) is 31.5. The van der Waals surface area contributed by atoms with Crippen molar-refractivity contribution in [2.45, 2.75) is 144 Å². The highest BCUT2D eigenvalue weighted by atomic mass is 32.1. The van der Waals surface area contributed by atoms with Crippen LogP contribution in [0.4, 0.5) is 0 Å². The van der Waals surface area contributed by atoms with E-state index in [1.165, 1.54) is 51.8 Å². The minimum Gasteiger partial charge on any atom is -0.488 e. The van der Waals surface area contributed by atoms with Crippen molar-refractivity contribution in [1.82, 2.24) is 0 Å².